The van der Waals surface area contributed by atoms with Gasteiger partial charge in [-0.2, -0.15) is 0 Å². The largest absolute Gasteiger partial charge is 0.398 e. The first-order chi connectivity index (χ1) is 9.11. The maximum atomic E-state index is 11.4. The van der Waals surface area contributed by atoms with Crippen LogP contribution in [-0.2, 0) is 10.8 Å². The monoisotopic (exact) mass is 277 g/mol. The van der Waals surface area contributed by atoms with Gasteiger partial charge in [-0.25, -0.2) is 0 Å². The molecule has 0 saturated heterocycles. The molecule has 3 N–H and O–H groups in total. The number of nitrogens with two attached hydrogens (primary N) is 1. The van der Waals surface area contributed by atoms with Crippen LogP contribution < -0.4 is 11.1 Å². The number of nitrogen functional groups attached to an aromatic ring is 1. The van der Waals surface area contributed by atoms with E-state index in [1.807, 2.05) is 32.0 Å². The summed E-state index contributed by atoms with van der Waals surface area (Å²) in [6.07, 6.45) is 1.80. The first-order valence-electron chi connectivity index (χ1n) is 6.35. The Balaban J connectivity index is 2.25. The van der Waals surface area contributed by atoms with Gasteiger partial charge in [0.05, 0.1) is 0 Å². The zero-order valence-corrected chi connectivity index (χ0v) is 12.1. The fourth-order valence-corrected chi connectivity index (χ4v) is 2.58. The van der Waals surface area contributed by atoms with E-state index in [0.29, 0.717) is 18.1 Å². The van der Waals surface area contributed by atoms with Gasteiger partial charge in [-0.1, -0.05) is 6.92 Å². The molecule has 2 rings (SSSR count). The molecule has 2 aromatic rings. The molecule has 102 valence electrons. The van der Waals surface area contributed by atoms with E-state index < -0.39 is 10.8 Å². The highest BCUT2D eigenvalue weighted by Crippen LogP contribution is 2.28. The minimum Gasteiger partial charge on any atom is -0.398 e. The van der Waals surface area contributed by atoms with Crippen molar-refractivity contribution in [2.24, 2.45) is 0 Å². The molecule has 0 aliphatic rings. The fourth-order valence-electron chi connectivity index (χ4n) is 1.96. The molecule has 0 spiro atoms. The first-order valence-corrected chi connectivity index (χ1v) is 7.84. The molecule has 0 saturated carbocycles. The molecular weight excluding hydrogens is 258 g/mol. The van der Waals surface area contributed by atoms with Gasteiger partial charge in [-0.15, -0.1) is 0 Å². The van der Waals surface area contributed by atoms with Gasteiger partial charge in [0.1, 0.15) is 0 Å². The fraction of sp³-hybridized carbons (Fsp3) is 0.357. The van der Waals surface area contributed by atoms with Crippen molar-refractivity contribution >= 4 is 32.9 Å². The minimum absolute atomic E-state index is 0.659. The summed E-state index contributed by atoms with van der Waals surface area (Å²) < 4.78 is 11.4. The highest BCUT2D eigenvalue weighted by atomic mass is 32.2. The van der Waals surface area contributed by atoms with Crippen LogP contribution in [0, 0.1) is 6.92 Å². The maximum absolute atomic E-state index is 11.4. The number of anilines is 2. The summed E-state index contributed by atoms with van der Waals surface area (Å²) >= 11 is 0. The lowest BCUT2D eigenvalue weighted by atomic mass is 10.1. The molecule has 0 amide bonds. The smallest absolute Gasteiger partial charge is 0.0422 e. The second-order valence-corrected chi connectivity index (χ2v) is 6.30. The van der Waals surface area contributed by atoms with E-state index in [4.69, 9.17) is 5.73 Å². The van der Waals surface area contributed by atoms with Crippen LogP contribution in [0.4, 0.5) is 11.4 Å². The second-order valence-electron chi connectivity index (χ2n) is 4.43. The van der Waals surface area contributed by atoms with E-state index in [-0.39, 0.29) is 0 Å². The molecule has 0 aliphatic carbocycles. The zero-order chi connectivity index (χ0) is 13.8. The topological polar surface area (TPSA) is 68.0 Å². The summed E-state index contributed by atoms with van der Waals surface area (Å²) in [5.41, 5.74) is 8.66. The Hall–Kier alpha value is -1.62. The van der Waals surface area contributed by atoms with E-state index in [2.05, 4.69) is 10.3 Å². The van der Waals surface area contributed by atoms with Crippen molar-refractivity contribution in [2.75, 3.05) is 29.1 Å². The van der Waals surface area contributed by atoms with E-state index in [1.54, 1.807) is 6.20 Å². The zero-order valence-electron chi connectivity index (χ0n) is 11.3. The first kappa shape index (κ1) is 13.8. The summed E-state index contributed by atoms with van der Waals surface area (Å²) in [5, 5.41) is 5.35. The van der Waals surface area contributed by atoms with Crippen LogP contribution in [0.3, 0.4) is 0 Å². The third-order valence-electron chi connectivity index (χ3n) is 3.04. The number of aryl methyl sites for hydroxylation is 1. The van der Waals surface area contributed by atoms with Crippen molar-refractivity contribution in [1.29, 1.82) is 0 Å². The van der Waals surface area contributed by atoms with Gasteiger partial charge in [0.25, 0.3) is 0 Å². The number of pyridine rings is 1. The van der Waals surface area contributed by atoms with Crippen molar-refractivity contribution in [3.8, 4) is 0 Å². The van der Waals surface area contributed by atoms with Crippen LogP contribution in [0.25, 0.3) is 10.8 Å². The van der Waals surface area contributed by atoms with Gasteiger partial charge in [0.2, 0.25) is 0 Å². The minimum atomic E-state index is -0.743. The van der Waals surface area contributed by atoms with Crippen LogP contribution in [0.2, 0.25) is 0 Å². The molecular formula is C14H19N3OS. The quantitative estimate of drug-likeness (QED) is 0.823. The van der Waals surface area contributed by atoms with Crippen molar-refractivity contribution in [1.82, 2.24) is 4.98 Å². The lowest BCUT2D eigenvalue weighted by molar-refractivity contribution is 0.684. The van der Waals surface area contributed by atoms with E-state index in [0.717, 1.165) is 27.8 Å². The van der Waals surface area contributed by atoms with Gasteiger partial charge >= 0.3 is 0 Å². The summed E-state index contributed by atoms with van der Waals surface area (Å²) in [6.45, 7) is 4.59. The number of hydrogen-bond acceptors (Lipinski definition) is 4. The van der Waals surface area contributed by atoms with Crippen molar-refractivity contribution in [3.05, 3.63) is 30.1 Å². The molecule has 5 heteroatoms. The molecule has 1 aromatic carbocycles. The third kappa shape index (κ3) is 3.23. The number of benzene rings is 1. The van der Waals surface area contributed by atoms with Crippen LogP contribution in [0.15, 0.2) is 24.4 Å². The number of rotatable bonds is 5. The summed E-state index contributed by atoms with van der Waals surface area (Å²) in [4.78, 5) is 4.27. The van der Waals surface area contributed by atoms with Crippen molar-refractivity contribution in [3.63, 3.8) is 0 Å². The predicted octanol–water partition coefficient (Wildman–Crippen LogP) is 2.31. The van der Waals surface area contributed by atoms with Gasteiger partial charge < -0.3 is 11.1 Å². The summed E-state index contributed by atoms with van der Waals surface area (Å²) in [7, 11) is -0.743. The molecule has 1 aromatic heterocycles. The Bertz CT molecular complexity index is 613. The number of hydrogen-bond donors (Lipinski definition) is 2. The number of fused-ring (bicyclic) bond motifs is 1. The summed E-state index contributed by atoms with van der Waals surface area (Å²) in [6, 6.07) is 5.86. The van der Waals surface area contributed by atoms with E-state index >= 15 is 0 Å². The highest BCUT2D eigenvalue weighted by Gasteiger charge is 2.05. The van der Waals surface area contributed by atoms with Crippen molar-refractivity contribution in [2.45, 2.75) is 13.8 Å². The number of nitrogens with zero attached hydrogens (tertiary/aromatic N) is 1. The number of aromatic nitrogens is 1. The molecule has 1 heterocycles. The average Bonchev–Trinajstić information content (AvgIpc) is 2.41. The summed E-state index contributed by atoms with van der Waals surface area (Å²) in [5.74, 6) is 1.36. The molecule has 0 radical (unpaired) electrons. The average molecular weight is 277 g/mol. The van der Waals surface area contributed by atoms with Gasteiger partial charge in [0, 0.05) is 62.9 Å². The van der Waals surface area contributed by atoms with Crippen LogP contribution in [0.1, 0.15) is 12.6 Å². The second kappa shape index (κ2) is 6.02. The molecule has 1 unspecified atom stereocenters. The Morgan fingerprint density at radius 1 is 1.37 bits per heavy atom. The van der Waals surface area contributed by atoms with E-state index in [9.17, 15) is 4.21 Å². The third-order valence-corrected chi connectivity index (χ3v) is 4.34. The van der Waals surface area contributed by atoms with Crippen LogP contribution >= 0.6 is 0 Å². The Labute approximate surface area is 115 Å². The Morgan fingerprint density at radius 2 is 2.16 bits per heavy atom. The Kier molecular flexibility index (Phi) is 4.37. The Morgan fingerprint density at radius 3 is 2.89 bits per heavy atom. The lowest BCUT2D eigenvalue weighted by Gasteiger charge is -2.11. The van der Waals surface area contributed by atoms with Crippen molar-refractivity contribution < 1.29 is 4.21 Å². The molecule has 19 heavy (non-hydrogen) atoms. The van der Waals surface area contributed by atoms with E-state index in [1.165, 1.54) is 0 Å². The molecule has 0 fully saturated rings. The SMILES string of the molecule is CCS(=O)CCNc1ccc(N)c2cnc(C)cc12. The highest BCUT2D eigenvalue weighted by molar-refractivity contribution is 7.84. The van der Waals surface area contributed by atoms with Gasteiger partial charge in [-0.3, -0.25) is 9.19 Å². The maximum Gasteiger partial charge on any atom is 0.0422 e. The predicted molar refractivity (Wildman–Crippen MR) is 82.9 cm³/mol. The van der Waals surface area contributed by atoms with Gasteiger partial charge in [-0.05, 0) is 25.1 Å². The van der Waals surface area contributed by atoms with Gasteiger partial charge in [0.15, 0.2) is 0 Å². The standard InChI is InChI=1S/C14H19N3OS/c1-3-19(18)7-6-16-14-5-4-13(15)12-9-17-10(2)8-11(12)14/h4-5,8-9,16H,3,6-7,15H2,1-2H3. The lowest BCUT2D eigenvalue weighted by Crippen LogP contribution is -2.12. The molecule has 0 bridgehead atoms. The van der Waals surface area contributed by atoms with Crippen LogP contribution in [0.5, 0.6) is 0 Å². The molecule has 0 aliphatic heterocycles. The van der Waals surface area contributed by atoms with Crippen LogP contribution in [-0.4, -0.2) is 27.2 Å². The molecule has 4 nitrogen and oxygen atoms in total. The normalized spacial score (nSPS) is 12.5. The molecule has 1 atom stereocenters. The number of nitrogens with one attached hydrogen (secondary N) is 1.